The van der Waals surface area contributed by atoms with Crippen LogP contribution in [-0.2, 0) is 0 Å². The van der Waals surface area contributed by atoms with Gasteiger partial charge in [0.2, 0.25) is 0 Å². The molecule has 0 aliphatic carbocycles. The monoisotopic (exact) mass is 692 g/mol. The summed E-state index contributed by atoms with van der Waals surface area (Å²) in [6.07, 6.45) is 4.67. The summed E-state index contributed by atoms with van der Waals surface area (Å²) in [5.74, 6) is 0. The average Bonchev–Trinajstić information content (AvgIpc) is 3.21. The Hall–Kier alpha value is -6.50. The lowest BCUT2D eigenvalue weighted by molar-refractivity contribution is 1.44. The zero-order valence-electron chi connectivity index (χ0n) is 31.5. The maximum Gasteiger partial charge on any atom is -0.00987 e. The molecule has 0 aliphatic rings. The summed E-state index contributed by atoms with van der Waals surface area (Å²) >= 11 is 0. The first-order valence-electron chi connectivity index (χ1n) is 18.8. The number of aryl methyl sites for hydroxylation is 4. The Morgan fingerprint density at radius 2 is 0.611 bits per heavy atom. The molecule has 260 valence electrons. The van der Waals surface area contributed by atoms with E-state index in [-0.39, 0.29) is 0 Å². The van der Waals surface area contributed by atoms with E-state index in [9.17, 15) is 0 Å². The largest absolute Gasteiger partial charge is 0.0616 e. The smallest absolute Gasteiger partial charge is 0.00987 e. The molecule has 0 amide bonds. The first kappa shape index (κ1) is 34.6. The Morgan fingerprint density at radius 3 is 0.981 bits per heavy atom. The molecule has 54 heavy (non-hydrogen) atoms. The van der Waals surface area contributed by atoms with Gasteiger partial charge < -0.3 is 0 Å². The fourth-order valence-electron chi connectivity index (χ4n) is 7.43. The molecule has 0 aromatic heterocycles. The fraction of sp³-hybridized carbons (Fsp3) is 0.0741. The van der Waals surface area contributed by atoms with Crippen LogP contribution in [0.25, 0.3) is 56.3 Å². The molecule has 0 bridgehead atoms. The van der Waals surface area contributed by atoms with Crippen LogP contribution in [0.5, 0.6) is 0 Å². The van der Waals surface area contributed by atoms with Crippen LogP contribution in [0.2, 0.25) is 0 Å². The van der Waals surface area contributed by atoms with E-state index in [0.29, 0.717) is 0 Å². The second-order valence-electron chi connectivity index (χ2n) is 14.5. The molecule has 0 spiro atoms. The van der Waals surface area contributed by atoms with Gasteiger partial charge in [-0.15, -0.1) is 0 Å². The molecule has 0 atom stereocenters. The minimum atomic E-state index is 1.19. The Bertz CT molecular complexity index is 2440. The molecule has 0 N–H and O–H groups in total. The lowest BCUT2D eigenvalue weighted by Gasteiger charge is -2.19. The lowest BCUT2D eigenvalue weighted by atomic mass is 9.84. The maximum absolute atomic E-state index is 2.34. The van der Waals surface area contributed by atoms with Crippen molar-refractivity contribution in [3.05, 3.63) is 238 Å². The van der Waals surface area contributed by atoms with Gasteiger partial charge in [0.15, 0.2) is 0 Å². The van der Waals surface area contributed by atoms with Gasteiger partial charge in [0.1, 0.15) is 0 Å². The molecule has 8 aromatic rings. The van der Waals surface area contributed by atoms with E-state index in [2.05, 4.69) is 222 Å². The molecule has 0 heteroatoms. The minimum absolute atomic E-state index is 1.19. The van der Waals surface area contributed by atoms with Gasteiger partial charge in [-0.05, 0) is 117 Å². The van der Waals surface area contributed by atoms with E-state index >= 15 is 0 Å². The van der Waals surface area contributed by atoms with Gasteiger partial charge in [-0.1, -0.05) is 204 Å². The summed E-state index contributed by atoms with van der Waals surface area (Å²) < 4.78 is 0. The normalized spacial score (nSPS) is 11.9. The van der Waals surface area contributed by atoms with Gasteiger partial charge in [0, 0.05) is 0 Å². The van der Waals surface area contributed by atoms with Gasteiger partial charge in [0.05, 0.1) is 0 Å². The number of fused-ring (bicyclic) bond motifs is 1. The van der Waals surface area contributed by atoms with Crippen LogP contribution < -0.4 is 0 Å². The van der Waals surface area contributed by atoms with Crippen molar-refractivity contribution in [3.8, 4) is 22.3 Å². The molecule has 0 saturated carbocycles. The molecular weight excluding hydrogens is 649 g/mol. The Balaban J connectivity index is 1.31. The van der Waals surface area contributed by atoms with Crippen LogP contribution in [0, 0.1) is 27.7 Å². The Labute approximate surface area is 320 Å². The standard InChI is InChI=1S/C54H44/c1-37-17-25-41(26-18-37)35-53(43-29-21-39(3)22-30-43)49-15-9-7-13-47(49)51-33-34-52(46-12-6-5-11-45(46)51)48-14-8-10-16-50(48)54(44-31-23-40(4)24-32-44)36-42-27-19-38(2)20-28-42/h5-36H,1-4H3. The summed E-state index contributed by atoms with van der Waals surface area (Å²) in [6, 6.07) is 66.8. The fourth-order valence-corrected chi connectivity index (χ4v) is 7.43. The van der Waals surface area contributed by atoms with Crippen LogP contribution in [-0.4, -0.2) is 0 Å². The highest BCUT2D eigenvalue weighted by molar-refractivity contribution is 6.09. The number of hydrogen-bond donors (Lipinski definition) is 0. The minimum Gasteiger partial charge on any atom is -0.0616 e. The van der Waals surface area contributed by atoms with Gasteiger partial charge in [0.25, 0.3) is 0 Å². The van der Waals surface area contributed by atoms with E-state index in [4.69, 9.17) is 0 Å². The summed E-state index contributed by atoms with van der Waals surface area (Å²) in [7, 11) is 0. The third-order valence-electron chi connectivity index (χ3n) is 10.4. The highest BCUT2D eigenvalue weighted by Crippen LogP contribution is 2.42. The number of rotatable bonds is 8. The average molecular weight is 693 g/mol. The van der Waals surface area contributed by atoms with E-state index < -0.39 is 0 Å². The molecule has 0 unspecified atom stereocenters. The molecular formula is C54H44. The predicted molar refractivity (Wildman–Crippen MR) is 233 cm³/mol. The summed E-state index contributed by atoms with van der Waals surface area (Å²) in [5.41, 5.74) is 19.5. The van der Waals surface area contributed by atoms with Gasteiger partial charge in [-0.2, -0.15) is 0 Å². The zero-order chi connectivity index (χ0) is 37.0. The second kappa shape index (κ2) is 15.2. The van der Waals surface area contributed by atoms with Crippen LogP contribution in [0.15, 0.2) is 182 Å². The van der Waals surface area contributed by atoms with Crippen molar-refractivity contribution < 1.29 is 0 Å². The van der Waals surface area contributed by atoms with E-state index in [1.807, 2.05) is 0 Å². The quantitative estimate of drug-likeness (QED) is 0.139. The Morgan fingerprint density at radius 1 is 0.296 bits per heavy atom. The SMILES string of the molecule is Cc1ccc(C=C(c2ccc(C)cc2)c2ccccc2-c2ccc(-c3ccccc3C(=Cc3ccc(C)cc3)c3ccc(C)cc3)c3ccccc23)cc1. The van der Waals surface area contributed by atoms with Crippen LogP contribution in [0.1, 0.15) is 55.6 Å². The highest BCUT2D eigenvalue weighted by Gasteiger charge is 2.18. The molecule has 0 radical (unpaired) electrons. The van der Waals surface area contributed by atoms with E-state index in [1.54, 1.807) is 0 Å². The van der Waals surface area contributed by atoms with Crippen molar-refractivity contribution in [1.29, 1.82) is 0 Å². The van der Waals surface area contributed by atoms with E-state index in [0.717, 1.165) is 0 Å². The lowest BCUT2D eigenvalue weighted by Crippen LogP contribution is -1.96. The maximum atomic E-state index is 2.34. The first-order chi connectivity index (χ1) is 26.4. The molecule has 0 heterocycles. The third-order valence-corrected chi connectivity index (χ3v) is 10.4. The van der Waals surface area contributed by atoms with Crippen LogP contribution >= 0.6 is 0 Å². The second-order valence-corrected chi connectivity index (χ2v) is 14.5. The Kier molecular flexibility index (Phi) is 9.75. The molecule has 0 nitrogen and oxygen atoms in total. The van der Waals surface area contributed by atoms with Crippen molar-refractivity contribution in [3.63, 3.8) is 0 Å². The number of benzene rings is 8. The summed E-state index contributed by atoms with van der Waals surface area (Å²) in [5, 5.41) is 2.46. The molecule has 8 rings (SSSR count). The van der Waals surface area contributed by atoms with Crippen molar-refractivity contribution in [2.45, 2.75) is 27.7 Å². The van der Waals surface area contributed by atoms with Gasteiger partial charge in [-0.25, -0.2) is 0 Å². The van der Waals surface area contributed by atoms with Crippen molar-refractivity contribution in [2.24, 2.45) is 0 Å². The first-order valence-corrected chi connectivity index (χ1v) is 18.8. The zero-order valence-corrected chi connectivity index (χ0v) is 31.5. The number of hydrogen-bond acceptors (Lipinski definition) is 0. The molecule has 0 aliphatic heterocycles. The molecule has 8 aromatic carbocycles. The van der Waals surface area contributed by atoms with Crippen LogP contribution in [0.3, 0.4) is 0 Å². The van der Waals surface area contributed by atoms with Crippen LogP contribution in [0.4, 0.5) is 0 Å². The summed E-state index contributed by atoms with van der Waals surface area (Å²) in [4.78, 5) is 0. The summed E-state index contributed by atoms with van der Waals surface area (Å²) in [6.45, 7) is 8.57. The molecule has 0 fully saturated rings. The van der Waals surface area contributed by atoms with Crippen molar-refractivity contribution in [2.75, 3.05) is 0 Å². The van der Waals surface area contributed by atoms with Gasteiger partial charge >= 0.3 is 0 Å². The topological polar surface area (TPSA) is 0 Å². The third kappa shape index (κ3) is 7.25. The highest BCUT2D eigenvalue weighted by atomic mass is 14.2. The van der Waals surface area contributed by atoms with Crippen molar-refractivity contribution >= 4 is 34.1 Å². The van der Waals surface area contributed by atoms with Crippen molar-refractivity contribution in [1.82, 2.24) is 0 Å². The van der Waals surface area contributed by atoms with Gasteiger partial charge in [-0.3, -0.25) is 0 Å². The van der Waals surface area contributed by atoms with E-state index in [1.165, 1.54) is 99.8 Å². The predicted octanol–water partition coefficient (Wildman–Crippen LogP) is 14.6. The molecule has 0 saturated heterocycles.